The van der Waals surface area contributed by atoms with Gasteiger partial charge in [0.15, 0.2) is 0 Å². The van der Waals surface area contributed by atoms with Gasteiger partial charge in [-0.1, -0.05) is 24.3 Å². The van der Waals surface area contributed by atoms with Gasteiger partial charge in [-0.25, -0.2) is 4.79 Å². The number of nitrogens with zero attached hydrogens (tertiary/aromatic N) is 1. The lowest BCUT2D eigenvalue weighted by Gasteiger charge is -2.10. The highest BCUT2D eigenvalue weighted by Gasteiger charge is 2.02. The van der Waals surface area contributed by atoms with E-state index in [-0.39, 0.29) is 0 Å². The Balaban J connectivity index is 2.68. The molecule has 3 heteroatoms. The Labute approximate surface area is 96.6 Å². The molecular formula is C13H18N2O. The van der Waals surface area contributed by atoms with Crippen molar-refractivity contribution in [1.29, 1.82) is 0 Å². The van der Waals surface area contributed by atoms with Crippen molar-refractivity contribution in [2.24, 2.45) is 5.73 Å². The zero-order valence-electron chi connectivity index (χ0n) is 9.86. The summed E-state index contributed by atoms with van der Waals surface area (Å²) < 4.78 is 0. The molecule has 1 aromatic rings. The van der Waals surface area contributed by atoms with Crippen LogP contribution in [0.15, 0.2) is 29.8 Å². The standard InChI is InChI=1S/C13H18N2O/c1-15(2)9-13(10-16)7-11-3-5-12(8-14)6-4-11/h3-6H,7-9,14H2,1-2H3. The lowest BCUT2D eigenvalue weighted by Crippen LogP contribution is -2.16. The van der Waals surface area contributed by atoms with Gasteiger partial charge >= 0.3 is 0 Å². The van der Waals surface area contributed by atoms with Gasteiger partial charge < -0.3 is 10.6 Å². The van der Waals surface area contributed by atoms with Gasteiger partial charge in [-0.2, -0.15) is 0 Å². The van der Waals surface area contributed by atoms with Gasteiger partial charge in [-0.3, -0.25) is 0 Å². The third-order valence-corrected chi connectivity index (χ3v) is 2.33. The molecule has 0 aliphatic heterocycles. The van der Waals surface area contributed by atoms with Gasteiger partial charge in [0.2, 0.25) is 0 Å². The van der Waals surface area contributed by atoms with Crippen LogP contribution in [0, 0.1) is 0 Å². The number of benzene rings is 1. The summed E-state index contributed by atoms with van der Waals surface area (Å²) in [6.45, 7) is 1.20. The predicted octanol–water partition coefficient (Wildman–Crippen LogP) is 1.01. The Hall–Kier alpha value is -1.41. The van der Waals surface area contributed by atoms with Crippen molar-refractivity contribution >= 4 is 5.94 Å². The Kier molecular flexibility index (Phi) is 4.93. The summed E-state index contributed by atoms with van der Waals surface area (Å²) in [5.74, 6) is 2.01. The predicted molar refractivity (Wildman–Crippen MR) is 65.8 cm³/mol. The summed E-state index contributed by atoms with van der Waals surface area (Å²) in [7, 11) is 3.88. The van der Waals surface area contributed by atoms with Gasteiger partial charge in [0, 0.05) is 25.1 Å². The molecule has 0 amide bonds. The van der Waals surface area contributed by atoms with Crippen LogP contribution in [0.5, 0.6) is 0 Å². The topological polar surface area (TPSA) is 46.3 Å². The quantitative estimate of drug-likeness (QED) is 0.750. The third-order valence-electron chi connectivity index (χ3n) is 2.33. The van der Waals surface area contributed by atoms with Crippen molar-refractivity contribution < 1.29 is 4.79 Å². The SMILES string of the molecule is CN(C)CC(=C=O)Cc1ccc(CN)cc1. The molecule has 0 aromatic heterocycles. The number of nitrogens with two attached hydrogens (primary N) is 1. The Morgan fingerprint density at radius 1 is 1.25 bits per heavy atom. The van der Waals surface area contributed by atoms with E-state index in [1.54, 1.807) is 0 Å². The molecule has 0 radical (unpaired) electrons. The minimum Gasteiger partial charge on any atom is -0.326 e. The van der Waals surface area contributed by atoms with Crippen LogP contribution >= 0.6 is 0 Å². The molecule has 0 saturated heterocycles. The fraction of sp³-hybridized carbons (Fsp3) is 0.385. The fourth-order valence-electron chi connectivity index (χ4n) is 1.55. The molecule has 86 valence electrons. The highest BCUT2D eigenvalue weighted by Crippen LogP contribution is 2.08. The molecule has 0 saturated carbocycles. The second kappa shape index (κ2) is 6.23. The molecular weight excluding hydrogens is 200 g/mol. The van der Waals surface area contributed by atoms with Crippen LogP contribution in [-0.2, 0) is 17.8 Å². The van der Waals surface area contributed by atoms with Crippen LogP contribution in [-0.4, -0.2) is 31.5 Å². The largest absolute Gasteiger partial charge is 0.326 e. The molecule has 0 spiro atoms. The fourth-order valence-corrected chi connectivity index (χ4v) is 1.55. The highest BCUT2D eigenvalue weighted by atomic mass is 16.1. The van der Waals surface area contributed by atoms with Crippen LogP contribution in [0.4, 0.5) is 0 Å². The first-order valence-electron chi connectivity index (χ1n) is 5.31. The van der Waals surface area contributed by atoms with E-state index in [0.717, 1.165) is 16.7 Å². The molecule has 3 nitrogen and oxygen atoms in total. The van der Waals surface area contributed by atoms with Crippen molar-refractivity contribution in [3.05, 3.63) is 41.0 Å². The summed E-state index contributed by atoms with van der Waals surface area (Å²) in [5.41, 5.74) is 8.52. The lowest BCUT2D eigenvalue weighted by atomic mass is 10.0. The number of rotatable bonds is 5. The Morgan fingerprint density at radius 3 is 2.25 bits per heavy atom. The van der Waals surface area contributed by atoms with E-state index in [9.17, 15) is 4.79 Å². The van der Waals surface area contributed by atoms with Crippen molar-refractivity contribution in [1.82, 2.24) is 4.90 Å². The van der Waals surface area contributed by atoms with Crippen molar-refractivity contribution in [3.8, 4) is 0 Å². The van der Waals surface area contributed by atoms with Crippen molar-refractivity contribution in [3.63, 3.8) is 0 Å². The Morgan fingerprint density at radius 2 is 1.81 bits per heavy atom. The first-order chi connectivity index (χ1) is 7.65. The zero-order valence-corrected chi connectivity index (χ0v) is 9.86. The summed E-state index contributed by atoms with van der Waals surface area (Å²) in [6.07, 6.45) is 0.659. The first-order valence-corrected chi connectivity index (χ1v) is 5.31. The van der Waals surface area contributed by atoms with E-state index in [2.05, 4.69) is 0 Å². The molecule has 16 heavy (non-hydrogen) atoms. The maximum absolute atomic E-state index is 10.8. The average Bonchev–Trinajstić information content (AvgIpc) is 2.28. The number of carbonyl (C=O) groups excluding carboxylic acids is 1. The molecule has 1 aromatic carbocycles. The zero-order chi connectivity index (χ0) is 12.0. The first kappa shape index (κ1) is 12.7. The average molecular weight is 218 g/mol. The molecule has 0 atom stereocenters. The third kappa shape index (κ3) is 3.99. The molecule has 1 rings (SSSR count). The summed E-state index contributed by atoms with van der Waals surface area (Å²) in [6, 6.07) is 8.01. The van der Waals surface area contributed by atoms with Gasteiger partial charge in [-0.05, 0) is 25.2 Å². The summed E-state index contributed by atoms with van der Waals surface area (Å²) in [5, 5.41) is 0. The number of hydrogen-bond donors (Lipinski definition) is 1. The van der Waals surface area contributed by atoms with Crippen LogP contribution < -0.4 is 5.73 Å². The minimum absolute atomic E-state index is 0.550. The van der Waals surface area contributed by atoms with Crippen molar-refractivity contribution in [2.45, 2.75) is 13.0 Å². The van der Waals surface area contributed by atoms with Gasteiger partial charge in [-0.15, -0.1) is 0 Å². The monoisotopic (exact) mass is 218 g/mol. The number of hydrogen-bond acceptors (Lipinski definition) is 3. The lowest BCUT2D eigenvalue weighted by molar-refractivity contribution is 0.441. The van der Waals surface area contributed by atoms with Gasteiger partial charge in [0.25, 0.3) is 0 Å². The van der Waals surface area contributed by atoms with Gasteiger partial charge in [0.05, 0.1) is 0 Å². The van der Waals surface area contributed by atoms with Crippen molar-refractivity contribution in [2.75, 3.05) is 20.6 Å². The van der Waals surface area contributed by atoms with Crippen LogP contribution in [0.1, 0.15) is 11.1 Å². The molecule has 0 bridgehead atoms. The normalized spacial score (nSPS) is 10.2. The van der Waals surface area contributed by atoms with E-state index >= 15 is 0 Å². The van der Waals surface area contributed by atoms with Crippen LogP contribution in [0.3, 0.4) is 0 Å². The molecule has 0 fully saturated rings. The minimum atomic E-state index is 0.550. The highest BCUT2D eigenvalue weighted by molar-refractivity contribution is 5.54. The van der Waals surface area contributed by atoms with E-state index in [4.69, 9.17) is 5.73 Å². The molecule has 2 N–H and O–H groups in total. The van der Waals surface area contributed by atoms with E-state index in [0.29, 0.717) is 19.5 Å². The van der Waals surface area contributed by atoms with E-state index in [1.807, 2.05) is 49.2 Å². The van der Waals surface area contributed by atoms with Crippen LogP contribution in [0.2, 0.25) is 0 Å². The second-order valence-corrected chi connectivity index (χ2v) is 4.14. The molecule has 0 heterocycles. The van der Waals surface area contributed by atoms with E-state index < -0.39 is 0 Å². The molecule has 0 unspecified atom stereocenters. The number of likely N-dealkylation sites (N-methyl/N-ethyl adjacent to an activating group) is 1. The van der Waals surface area contributed by atoms with Gasteiger partial charge in [0.1, 0.15) is 5.94 Å². The second-order valence-electron chi connectivity index (χ2n) is 4.14. The van der Waals surface area contributed by atoms with Crippen LogP contribution in [0.25, 0.3) is 0 Å². The molecule has 0 aliphatic carbocycles. The molecule has 0 aliphatic rings. The Bertz CT molecular complexity index is 375. The van der Waals surface area contributed by atoms with E-state index in [1.165, 1.54) is 0 Å². The maximum atomic E-state index is 10.8. The summed E-state index contributed by atoms with van der Waals surface area (Å²) >= 11 is 0. The summed E-state index contributed by atoms with van der Waals surface area (Å²) in [4.78, 5) is 12.7. The smallest absolute Gasteiger partial charge is 0.125 e. The maximum Gasteiger partial charge on any atom is 0.125 e.